The van der Waals surface area contributed by atoms with E-state index in [2.05, 4.69) is 4.90 Å². The van der Waals surface area contributed by atoms with Gasteiger partial charge in [-0.15, -0.1) is 0 Å². The molecule has 1 saturated heterocycles. The van der Waals surface area contributed by atoms with Crippen LogP contribution in [0.5, 0.6) is 0 Å². The highest BCUT2D eigenvalue weighted by molar-refractivity contribution is 6.42. The predicted molar refractivity (Wildman–Crippen MR) is 79.1 cm³/mol. The fourth-order valence-electron chi connectivity index (χ4n) is 2.40. The SMILES string of the molecule is CC1(C)CN(c2cc(Cl)c(Cl)cc2N)CC(CO)O1. The van der Waals surface area contributed by atoms with Crippen molar-refractivity contribution in [3.8, 4) is 0 Å². The lowest BCUT2D eigenvalue weighted by Gasteiger charge is -2.43. The Labute approximate surface area is 123 Å². The Morgan fingerprint density at radius 1 is 1.42 bits per heavy atom. The van der Waals surface area contributed by atoms with Gasteiger partial charge in [0.1, 0.15) is 0 Å². The average Bonchev–Trinajstić information content (AvgIpc) is 2.31. The van der Waals surface area contributed by atoms with Gasteiger partial charge in [-0.05, 0) is 26.0 Å². The van der Waals surface area contributed by atoms with E-state index in [0.717, 1.165) is 5.69 Å². The summed E-state index contributed by atoms with van der Waals surface area (Å²) >= 11 is 12.0. The molecule has 0 saturated carbocycles. The molecule has 0 amide bonds. The number of rotatable bonds is 2. The van der Waals surface area contributed by atoms with Crippen molar-refractivity contribution in [2.45, 2.75) is 25.6 Å². The monoisotopic (exact) mass is 304 g/mol. The molecule has 1 aromatic carbocycles. The minimum atomic E-state index is -0.357. The smallest absolute Gasteiger partial charge is 0.0988 e. The third-order valence-electron chi connectivity index (χ3n) is 3.10. The first-order chi connectivity index (χ1) is 8.82. The molecule has 6 heteroatoms. The van der Waals surface area contributed by atoms with E-state index in [1.165, 1.54) is 0 Å². The van der Waals surface area contributed by atoms with Gasteiger partial charge in [0.25, 0.3) is 0 Å². The molecule has 1 aromatic rings. The first-order valence-corrected chi connectivity index (χ1v) is 6.86. The van der Waals surface area contributed by atoms with Gasteiger partial charge < -0.3 is 20.5 Å². The van der Waals surface area contributed by atoms with Crippen molar-refractivity contribution in [1.29, 1.82) is 0 Å². The quantitative estimate of drug-likeness (QED) is 0.825. The van der Waals surface area contributed by atoms with Crippen molar-refractivity contribution in [3.05, 3.63) is 22.2 Å². The van der Waals surface area contributed by atoms with Crippen LogP contribution in [0.25, 0.3) is 0 Å². The van der Waals surface area contributed by atoms with E-state index >= 15 is 0 Å². The summed E-state index contributed by atoms with van der Waals surface area (Å²) in [5, 5.41) is 10.2. The molecule has 0 radical (unpaired) electrons. The van der Waals surface area contributed by atoms with Crippen LogP contribution in [0.2, 0.25) is 10.0 Å². The summed E-state index contributed by atoms with van der Waals surface area (Å²) < 4.78 is 5.78. The standard InChI is InChI=1S/C13H18Cl2N2O2/c1-13(2)7-17(5-8(6-18)19-13)12-4-10(15)9(14)3-11(12)16/h3-4,8,18H,5-7,16H2,1-2H3. The number of nitrogens with zero attached hydrogens (tertiary/aromatic N) is 1. The van der Waals surface area contributed by atoms with E-state index in [4.69, 9.17) is 33.7 Å². The molecule has 0 aliphatic carbocycles. The Balaban J connectivity index is 2.33. The molecule has 0 spiro atoms. The minimum absolute atomic E-state index is 0.0266. The minimum Gasteiger partial charge on any atom is -0.397 e. The van der Waals surface area contributed by atoms with Crippen molar-refractivity contribution < 1.29 is 9.84 Å². The molecule has 1 unspecified atom stereocenters. The van der Waals surface area contributed by atoms with Crippen LogP contribution >= 0.6 is 23.2 Å². The van der Waals surface area contributed by atoms with Gasteiger partial charge in [-0.3, -0.25) is 0 Å². The molecule has 3 N–H and O–H groups in total. The number of morpholine rings is 1. The van der Waals surface area contributed by atoms with E-state index in [0.29, 0.717) is 28.8 Å². The number of ether oxygens (including phenoxy) is 1. The number of hydrogen-bond donors (Lipinski definition) is 2. The molecule has 4 nitrogen and oxygen atoms in total. The second-order valence-electron chi connectivity index (χ2n) is 5.39. The van der Waals surface area contributed by atoms with Gasteiger partial charge in [-0.25, -0.2) is 0 Å². The number of nitrogen functional groups attached to an aromatic ring is 1. The molecule has 1 atom stereocenters. The topological polar surface area (TPSA) is 58.7 Å². The first-order valence-electron chi connectivity index (χ1n) is 6.10. The van der Waals surface area contributed by atoms with Crippen LogP contribution in [0.1, 0.15) is 13.8 Å². The van der Waals surface area contributed by atoms with Crippen molar-refractivity contribution in [2.75, 3.05) is 30.3 Å². The van der Waals surface area contributed by atoms with E-state index < -0.39 is 0 Å². The maximum atomic E-state index is 9.33. The van der Waals surface area contributed by atoms with Crippen LogP contribution < -0.4 is 10.6 Å². The largest absolute Gasteiger partial charge is 0.397 e. The number of anilines is 2. The maximum absolute atomic E-state index is 9.33. The van der Waals surface area contributed by atoms with Gasteiger partial charge in [0.2, 0.25) is 0 Å². The molecule has 1 aliphatic heterocycles. The van der Waals surface area contributed by atoms with Crippen LogP contribution in [-0.4, -0.2) is 36.5 Å². The summed E-state index contributed by atoms with van der Waals surface area (Å²) in [5.74, 6) is 0. The van der Waals surface area contributed by atoms with Gasteiger partial charge in [0.15, 0.2) is 0 Å². The van der Waals surface area contributed by atoms with Crippen LogP contribution in [0.3, 0.4) is 0 Å². The number of aliphatic hydroxyl groups excluding tert-OH is 1. The normalized spacial score (nSPS) is 22.6. The van der Waals surface area contributed by atoms with Crippen molar-refractivity contribution >= 4 is 34.6 Å². The van der Waals surface area contributed by atoms with Crippen molar-refractivity contribution in [2.24, 2.45) is 0 Å². The lowest BCUT2D eigenvalue weighted by atomic mass is 10.0. The summed E-state index contributed by atoms with van der Waals surface area (Å²) in [4.78, 5) is 2.07. The van der Waals surface area contributed by atoms with Gasteiger partial charge in [-0.1, -0.05) is 23.2 Å². The predicted octanol–water partition coefficient (Wildman–Crippen LogP) is 2.55. The number of halogens is 2. The zero-order chi connectivity index (χ0) is 14.2. The fourth-order valence-corrected chi connectivity index (χ4v) is 2.73. The van der Waals surface area contributed by atoms with Crippen molar-refractivity contribution in [1.82, 2.24) is 0 Å². The van der Waals surface area contributed by atoms with Crippen LogP contribution in [0.15, 0.2) is 12.1 Å². The molecule has 1 aliphatic rings. The van der Waals surface area contributed by atoms with Crippen LogP contribution in [0.4, 0.5) is 11.4 Å². The molecule has 19 heavy (non-hydrogen) atoms. The fraction of sp³-hybridized carbons (Fsp3) is 0.538. The molecule has 2 rings (SSSR count). The third-order valence-corrected chi connectivity index (χ3v) is 3.82. The summed E-state index contributed by atoms with van der Waals surface area (Å²) in [7, 11) is 0. The van der Waals surface area contributed by atoms with Gasteiger partial charge in [0, 0.05) is 13.1 Å². The third kappa shape index (κ3) is 3.26. The lowest BCUT2D eigenvalue weighted by molar-refractivity contribution is -0.100. The molecule has 0 aromatic heterocycles. The second kappa shape index (κ2) is 5.37. The summed E-state index contributed by atoms with van der Waals surface area (Å²) in [6.07, 6.45) is -0.238. The Hall–Kier alpha value is -0.680. The number of hydrogen-bond acceptors (Lipinski definition) is 4. The Morgan fingerprint density at radius 2 is 2.05 bits per heavy atom. The Morgan fingerprint density at radius 3 is 2.68 bits per heavy atom. The van der Waals surface area contributed by atoms with Gasteiger partial charge in [0.05, 0.1) is 39.7 Å². The van der Waals surface area contributed by atoms with Gasteiger partial charge in [-0.2, -0.15) is 0 Å². The zero-order valence-electron chi connectivity index (χ0n) is 11.0. The molecule has 0 bridgehead atoms. The summed E-state index contributed by atoms with van der Waals surface area (Å²) in [6, 6.07) is 3.41. The molecular weight excluding hydrogens is 287 g/mol. The zero-order valence-corrected chi connectivity index (χ0v) is 12.5. The molecule has 106 valence electrons. The summed E-state index contributed by atoms with van der Waals surface area (Å²) in [5.41, 5.74) is 7.05. The lowest BCUT2D eigenvalue weighted by Crippen LogP contribution is -2.54. The van der Waals surface area contributed by atoms with E-state index in [1.807, 2.05) is 13.8 Å². The first kappa shape index (κ1) is 14.7. The van der Waals surface area contributed by atoms with Crippen LogP contribution in [0, 0.1) is 0 Å². The Bertz CT molecular complexity index is 480. The van der Waals surface area contributed by atoms with E-state index in [9.17, 15) is 5.11 Å². The highest BCUT2D eigenvalue weighted by Gasteiger charge is 2.34. The van der Waals surface area contributed by atoms with Crippen molar-refractivity contribution in [3.63, 3.8) is 0 Å². The molecular formula is C13H18Cl2N2O2. The maximum Gasteiger partial charge on any atom is 0.0988 e. The second-order valence-corrected chi connectivity index (χ2v) is 6.20. The highest BCUT2D eigenvalue weighted by atomic mass is 35.5. The average molecular weight is 305 g/mol. The molecule has 1 fully saturated rings. The van der Waals surface area contributed by atoms with E-state index in [1.54, 1.807) is 12.1 Å². The summed E-state index contributed by atoms with van der Waals surface area (Å²) in [6.45, 7) is 5.18. The van der Waals surface area contributed by atoms with Crippen LogP contribution in [-0.2, 0) is 4.74 Å². The number of aliphatic hydroxyl groups is 1. The molecule has 1 heterocycles. The number of nitrogens with two attached hydrogens (primary N) is 1. The highest BCUT2D eigenvalue weighted by Crippen LogP contribution is 2.35. The van der Waals surface area contributed by atoms with E-state index in [-0.39, 0.29) is 18.3 Å². The van der Waals surface area contributed by atoms with Gasteiger partial charge >= 0.3 is 0 Å². The Kier molecular flexibility index (Phi) is 4.16. The number of benzene rings is 1.